The molecule has 1 rings (SSSR count). The van der Waals surface area contributed by atoms with Crippen LogP contribution in [0.4, 0.5) is 4.79 Å². The van der Waals surface area contributed by atoms with Crippen LogP contribution in [0.15, 0.2) is 24.3 Å². The lowest BCUT2D eigenvalue weighted by molar-refractivity contribution is -0.120. The molecule has 6 N–H and O–H groups in total. The number of nitrogens with one attached hydrogen (secondary N) is 1. The number of amides is 2. The van der Waals surface area contributed by atoms with Crippen molar-refractivity contribution in [2.45, 2.75) is 31.8 Å². The molecule has 6 heteroatoms. The Hall–Kier alpha value is -2.08. The first-order valence-electron chi connectivity index (χ1n) is 5.98. The van der Waals surface area contributed by atoms with Crippen LogP contribution >= 0.6 is 0 Å². The van der Waals surface area contributed by atoms with Gasteiger partial charge in [0.15, 0.2) is 0 Å². The van der Waals surface area contributed by atoms with Crippen molar-refractivity contribution in [2.24, 2.45) is 11.5 Å². The fourth-order valence-electron chi connectivity index (χ4n) is 1.81. The maximum atomic E-state index is 11.1. The van der Waals surface area contributed by atoms with Gasteiger partial charge in [-0.25, -0.2) is 4.79 Å². The zero-order valence-corrected chi connectivity index (χ0v) is 10.8. The van der Waals surface area contributed by atoms with E-state index in [-0.39, 0.29) is 12.5 Å². The molecule has 2 amide bonds. The molecule has 0 saturated carbocycles. The average molecular weight is 265 g/mol. The molecule has 2 atom stereocenters. The highest BCUT2D eigenvalue weighted by atomic mass is 16.4. The molecule has 0 aromatic heterocycles. The summed E-state index contributed by atoms with van der Waals surface area (Å²) in [6.45, 7) is 1.99. The summed E-state index contributed by atoms with van der Waals surface area (Å²) in [5.41, 5.74) is 13.2. The third-order valence-electron chi connectivity index (χ3n) is 2.80. The summed E-state index contributed by atoms with van der Waals surface area (Å²) >= 11 is 0. The zero-order valence-electron chi connectivity index (χ0n) is 10.8. The van der Waals surface area contributed by atoms with Crippen molar-refractivity contribution in [3.05, 3.63) is 35.4 Å². The van der Waals surface area contributed by atoms with Gasteiger partial charge in [0.25, 0.3) is 0 Å². The maximum Gasteiger partial charge on any atom is 0.405 e. The van der Waals surface area contributed by atoms with E-state index in [0.29, 0.717) is 6.42 Å². The smallest absolute Gasteiger partial charge is 0.405 e. The molecule has 6 nitrogen and oxygen atoms in total. The highest BCUT2D eigenvalue weighted by Gasteiger charge is 2.20. The Morgan fingerprint density at radius 1 is 1.32 bits per heavy atom. The van der Waals surface area contributed by atoms with E-state index in [2.05, 4.69) is 5.32 Å². The van der Waals surface area contributed by atoms with Gasteiger partial charge in [-0.05, 0) is 25.3 Å². The predicted molar refractivity (Wildman–Crippen MR) is 71.6 cm³/mol. The van der Waals surface area contributed by atoms with Crippen LogP contribution in [0.5, 0.6) is 0 Å². The zero-order chi connectivity index (χ0) is 14.4. The fraction of sp³-hybridized carbons (Fsp3) is 0.385. The van der Waals surface area contributed by atoms with Crippen LogP contribution < -0.4 is 16.8 Å². The topological polar surface area (TPSA) is 118 Å². The predicted octanol–water partition coefficient (Wildman–Crippen LogP) is 0.376. The third-order valence-corrected chi connectivity index (χ3v) is 2.80. The molecule has 0 spiro atoms. The van der Waals surface area contributed by atoms with Crippen LogP contribution in [0.2, 0.25) is 0 Å². The van der Waals surface area contributed by atoms with Crippen molar-refractivity contribution in [2.75, 3.05) is 0 Å². The summed E-state index contributed by atoms with van der Waals surface area (Å²) in [5, 5.41) is 10.7. The van der Waals surface area contributed by atoms with Gasteiger partial charge < -0.3 is 21.9 Å². The molecule has 0 bridgehead atoms. The number of benzene rings is 1. The minimum Gasteiger partial charge on any atom is -0.465 e. The molecule has 1 unspecified atom stereocenters. The number of carboxylic acid groups (broad SMARTS) is 1. The molecule has 1 aromatic rings. The number of carbonyl (C=O) groups excluding carboxylic acids is 1. The fourth-order valence-corrected chi connectivity index (χ4v) is 1.81. The number of rotatable bonds is 6. The van der Waals surface area contributed by atoms with Crippen LogP contribution in [0.1, 0.15) is 17.5 Å². The Balaban J connectivity index is 2.57. The number of aryl methyl sites for hydroxylation is 1. The quantitative estimate of drug-likeness (QED) is 0.594. The first kappa shape index (κ1) is 15.0. The number of nitrogens with two attached hydrogens (primary N) is 2. The minimum atomic E-state index is -1.29. The summed E-state index contributed by atoms with van der Waals surface area (Å²) in [5.74, 6) is -0.721. The molecule has 0 aliphatic heterocycles. The van der Waals surface area contributed by atoms with Crippen LogP contribution in [0.3, 0.4) is 0 Å². The number of primary amides is 1. The van der Waals surface area contributed by atoms with E-state index >= 15 is 0 Å². The van der Waals surface area contributed by atoms with Gasteiger partial charge in [-0.3, -0.25) is 4.79 Å². The molecular formula is C13H19N3O3. The van der Waals surface area contributed by atoms with E-state index in [1.807, 2.05) is 31.2 Å². The standard InChI is InChI=1S/C13H19N3O3/c1-8-2-4-9(5-3-8)6-10(14)7-11(12(15)17)16-13(18)19/h2-5,10-11,16H,6-7,14H2,1H3,(H2,15,17)(H,18,19)/t10-,11?/m1/s1. The molecule has 19 heavy (non-hydrogen) atoms. The van der Waals surface area contributed by atoms with E-state index in [1.165, 1.54) is 0 Å². The van der Waals surface area contributed by atoms with Crippen LogP contribution in [-0.2, 0) is 11.2 Å². The van der Waals surface area contributed by atoms with Gasteiger partial charge in [-0.2, -0.15) is 0 Å². The summed E-state index contributed by atoms with van der Waals surface area (Å²) in [7, 11) is 0. The lowest BCUT2D eigenvalue weighted by atomic mass is 9.99. The van der Waals surface area contributed by atoms with E-state index in [4.69, 9.17) is 16.6 Å². The summed E-state index contributed by atoms with van der Waals surface area (Å²) < 4.78 is 0. The highest BCUT2D eigenvalue weighted by molar-refractivity contribution is 5.83. The summed E-state index contributed by atoms with van der Waals surface area (Å²) in [6, 6.07) is 6.56. The Labute approximate surface area is 111 Å². The SMILES string of the molecule is Cc1ccc(C[C@@H](N)CC(NC(=O)O)C(N)=O)cc1. The van der Waals surface area contributed by atoms with Crippen molar-refractivity contribution in [1.82, 2.24) is 5.32 Å². The van der Waals surface area contributed by atoms with Gasteiger partial charge in [0.05, 0.1) is 0 Å². The lowest BCUT2D eigenvalue weighted by Crippen LogP contribution is -2.47. The second-order valence-corrected chi connectivity index (χ2v) is 4.59. The van der Waals surface area contributed by atoms with Crippen molar-refractivity contribution < 1.29 is 14.7 Å². The summed E-state index contributed by atoms with van der Waals surface area (Å²) in [6.07, 6.45) is -0.549. The molecule has 1 aromatic carbocycles. The van der Waals surface area contributed by atoms with Crippen LogP contribution in [-0.4, -0.2) is 29.2 Å². The van der Waals surface area contributed by atoms with Gasteiger partial charge in [-0.1, -0.05) is 29.8 Å². The van der Waals surface area contributed by atoms with Crippen molar-refractivity contribution >= 4 is 12.0 Å². The molecule has 0 aliphatic carbocycles. The Morgan fingerprint density at radius 3 is 2.37 bits per heavy atom. The van der Waals surface area contributed by atoms with Gasteiger partial charge in [0, 0.05) is 6.04 Å². The van der Waals surface area contributed by atoms with E-state index in [0.717, 1.165) is 11.1 Å². The Kier molecular flexibility index (Phi) is 5.32. The molecule has 104 valence electrons. The van der Waals surface area contributed by atoms with Gasteiger partial charge >= 0.3 is 6.09 Å². The first-order valence-corrected chi connectivity index (χ1v) is 5.98. The first-order chi connectivity index (χ1) is 8.88. The van der Waals surface area contributed by atoms with Gasteiger partial charge in [0.1, 0.15) is 6.04 Å². The Bertz CT molecular complexity index is 445. The second kappa shape index (κ2) is 6.75. The van der Waals surface area contributed by atoms with E-state index in [9.17, 15) is 9.59 Å². The number of carbonyl (C=O) groups is 2. The van der Waals surface area contributed by atoms with Crippen LogP contribution in [0, 0.1) is 6.92 Å². The molecule has 0 saturated heterocycles. The molecule has 0 fully saturated rings. The second-order valence-electron chi connectivity index (χ2n) is 4.59. The molecule has 0 radical (unpaired) electrons. The van der Waals surface area contributed by atoms with Gasteiger partial charge in [-0.15, -0.1) is 0 Å². The van der Waals surface area contributed by atoms with E-state index < -0.39 is 18.0 Å². The van der Waals surface area contributed by atoms with Crippen LogP contribution in [0.25, 0.3) is 0 Å². The lowest BCUT2D eigenvalue weighted by Gasteiger charge is -2.18. The monoisotopic (exact) mass is 265 g/mol. The normalized spacial score (nSPS) is 13.6. The van der Waals surface area contributed by atoms with Gasteiger partial charge in [0.2, 0.25) is 5.91 Å². The van der Waals surface area contributed by atoms with Crippen molar-refractivity contribution in [3.8, 4) is 0 Å². The van der Waals surface area contributed by atoms with Crippen molar-refractivity contribution in [1.29, 1.82) is 0 Å². The largest absolute Gasteiger partial charge is 0.465 e. The molecular weight excluding hydrogens is 246 g/mol. The third kappa shape index (κ3) is 5.39. The average Bonchev–Trinajstić information content (AvgIpc) is 2.30. The highest BCUT2D eigenvalue weighted by Crippen LogP contribution is 2.08. The maximum absolute atomic E-state index is 11.1. The Morgan fingerprint density at radius 2 is 1.89 bits per heavy atom. The number of hydrogen-bond donors (Lipinski definition) is 4. The summed E-state index contributed by atoms with van der Waals surface area (Å²) in [4.78, 5) is 21.6. The number of hydrogen-bond acceptors (Lipinski definition) is 3. The molecule has 0 aliphatic rings. The minimum absolute atomic E-state index is 0.176. The van der Waals surface area contributed by atoms with Crippen molar-refractivity contribution in [3.63, 3.8) is 0 Å². The van der Waals surface area contributed by atoms with E-state index in [1.54, 1.807) is 0 Å². The molecule has 0 heterocycles.